The zero-order valence-corrected chi connectivity index (χ0v) is 12.0. The lowest BCUT2D eigenvalue weighted by atomic mass is 10.2. The Morgan fingerprint density at radius 2 is 2.25 bits per heavy atom. The fraction of sp³-hybridized carbons (Fsp3) is 0.467. The maximum Gasteiger partial charge on any atom is 0.125 e. The lowest BCUT2D eigenvalue weighted by Gasteiger charge is -2.23. The Balaban J connectivity index is 1.62. The summed E-state index contributed by atoms with van der Waals surface area (Å²) in [7, 11) is 0. The molecule has 0 aliphatic carbocycles. The van der Waals surface area contributed by atoms with Gasteiger partial charge in [0.05, 0.1) is 31.1 Å². The third kappa shape index (κ3) is 2.73. The quantitative estimate of drug-likeness (QED) is 0.924. The molecule has 0 saturated heterocycles. The highest BCUT2D eigenvalue weighted by molar-refractivity contribution is 5.16. The summed E-state index contributed by atoms with van der Waals surface area (Å²) in [5.41, 5.74) is 3.42. The van der Waals surface area contributed by atoms with E-state index in [2.05, 4.69) is 32.8 Å². The number of hydrogen-bond donors (Lipinski definition) is 1. The second kappa shape index (κ2) is 5.73. The summed E-state index contributed by atoms with van der Waals surface area (Å²) in [5, 5.41) is 3.41. The molecule has 0 bridgehead atoms. The number of aryl methyl sites for hydroxylation is 1. The Bertz CT molecular complexity index is 593. The van der Waals surface area contributed by atoms with Gasteiger partial charge in [-0.3, -0.25) is 4.98 Å². The molecule has 3 heterocycles. The second-order valence-corrected chi connectivity index (χ2v) is 5.30. The molecular weight excluding hydrogens is 252 g/mol. The predicted octanol–water partition coefficient (Wildman–Crippen LogP) is 1.97. The smallest absolute Gasteiger partial charge is 0.125 e. The standard InChI is InChI=1S/C15H20N4O/c1-11-5-13(7-16-6-11)9-20-10-14-8-18-15-12(2)17-3-4-19(14)15/h5-8,12,17H,3-4,9-10H2,1-2H3. The molecule has 1 unspecified atom stereocenters. The van der Waals surface area contributed by atoms with E-state index in [4.69, 9.17) is 4.74 Å². The molecule has 1 N–H and O–H groups in total. The molecule has 106 valence electrons. The number of nitrogens with one attached hydrogen (secondary N) is 1. The Morgan fingerprint density at radius 3 is 3.10 bits per heavy atom. The highest BCUT2D eigenvalue weighted by Crippen LogP contribution is 2.18. The van der Waals surface area contributed by atoms with Crippen LogP contribution in [0.15, 0.2) is 24.7 Å². The molecule has 0 radical (unpaired) electrons. The monoisotopic (exact) mass is 272 g/mol. The normalized spacial score (nSPS) is 18.0. The summed E-state index contributed by atoms with van der Waals surface area (Å²) in [4.78, 5) is 8.66. The third-order valence-corrected chi connectivity index (χ3v) is 3.59. The second-order valence-electron chi connectivity index (χ2n) is 5.30. The largest absolute Gasteiger partial charge is 0.370 e. The minimum atomic E-state index is 0.318. The van der Waals surface area contributed by atoms with Gasteiger partial charge in [-0.1, -0.05) is 6.07 Å². The molecule has 2 aromatic heterocycles. The molecule has 0 saturated carbocycles. The van der Waals surface area contributed by atoms with Crippen molar-refractivity contribution < 1.29 is 4.74 Å². The van der Waals surface area contributed by atoms with Gasteiger partial charge in [0, 0.05) is 25.5 Å². The molecule has 0 fully saturated rings. The van der Waals surface area contributed by atoms with Crippen molar-refractivity contribution in [2.75, 3.05) is 6.54 Å². The van der Waals surface area contributed by atoms with E-state index >= 15 is 0 Å². The van der Waals surface area contributed by atoms with Gasteiger partial charge in [-0.2, -0.15) is 0 Å². The first-order valence-corrected chi connectivity index (χ1v) is 7.00. The maximum absolute atomic E-state index is 5.80. The molecule has 1 atom stereocenters. The zero-order valence-electron chi connectivity index (χ0n) is 12.0. The Kier molecular flexibility index (Phi) is 3.80. The Morgan fingerprint density at radius 1 is 1.35 bits per heavy atom. The lowest BCUT2D eigenvalue weighted by molar-refractivity contribution is 0.101. The molecule has 2 aromatic rings. The van der Waals surface area contributed by atoms with E-state index in [1.165, 1.54) is 0 Å². The van der Waals surface area contributed by atoms with E-state index in [0.717, 1.165) is 35.7 Å². The van der Waals surface area contributed by atoms with Gasteiger partial charge in [0.2, 0.25) is 0 Å². The van der Waals surface area contributed by atoms with E-state index in [1.54, 1.807) is 0 Å². The molecule has 0 aromatic carbocycles. The van der Waals surface area contributed by atoms with E-state index in [0.29, 0.717) is 19.3 Å². The van der Waals surface area contributed by atoms with Gasteiger partial charge in [-0.15, -0.1) is 0 Å². The number of pyridine rings is 1. The highest BCUT2D eigenvalue weighted by Gasteiger charge is 2.19. The van der Waals surface area contributed by atoms with Gasteiger partial charge in [-0.05, 0) is 25.0 Å². The van der Waals surface area contributed by atoms with Crippen LogP contribution < -0.4 is 5.32 Å². The fourth-order valence-corrected chi connectivity index (χ4v) is 2.60. The van der Waals surface area contributed by atoms with E-state index < -0.39 is 0 Å². The SMILES string of the molecule is Cc1cncc(COCc2cnc3n2CCNC3C)c1. The summed E-state index contributed by atoms with van der Waals surface area (Å²) >= 11 is 0. The van der Waals surface area contributed by atoms with Crippen LogP contribution in [0.3, 0.4) is 0 Å². The number of fused-ring (bicyclic) bond motifs is 1. The van der Waals surface area contributed by atoms with Crippen molar-refractivity contribution in [2.24, 2.45) is 0 Å². The minimum Gasteiger partial charge on any atom is -0.370 e. The van der Waals surface area contributed by atoms with Crippen molar-refractivity contribution in [1.82, 2.24) is 19.9 Å². The Labute approximate surface area is 119 Å². The van der Waals surface area contributed by atoms with Crippen LogP contribution in [0.1, 0.15) is 35.6 Å². The summed E-state index contributed by atoms with van der Waals surface area (Å²) in [6, 6.07) is 2.42. The number of rotatable bonds is 4. The van der Waals surface area contributed by atoms with Crippen molar-refractivity contribution in [2.45, 2.75) is 39.6 Å². The third-order valence-electron chi connectivity index (χ3n) is 3.59. The minimum absolute atomic E-state index is 0.318. The van der Waals surface area contributed by atoms with Gasteiger partial charge in [0.25, 0.3) is 0 Å². The predicted molar refractivity (Wildman–Crippen MR) is 76.1 cm³/mol. The van der Waals surface area contributed by atoms with Crippen LogP contribution >= 0.6 is 0 Å². The molecule has 1 aliphatic rings. The fourth-order valence-electron chi connectivity index (χ4n) is 2.60. The van der Waals surface area contributed by atoms with Crippen molar-refractivity contribution >= 4 is 0 Å². The number of ether oxygens (including phenoxy) is 1. The molecule has 1 aliphatic heterocycles. The topological polar surface area (TPSA) is 52.0 Å². The van der Waals surface area contributed by atoms with Gasteiger partial charge < -0.3 is 14.6 Å². The van der Waals surface area contributed by atoms with Crippen LogP contribution in [-0.2, 0) is 24.5 Å². The number of aromatic nitrogens is 3. The first kappa shape index (κ1) is 13.3. The number of imidazole rings is 1. The highest BCUT2D eigenvalue weighted by atomic mass is 16.5. The number of hydrogen-bond acceptors (Lipinski definition) is 4. The van der Waals surface area contributed by atoms with Crippen LogP contribution in [0, 0.1) is 6.92 Å². The summed E-state index contributed by atoms with van der Waals surface area (Å²) < 4.78 is 8.06. The van der Waals surface area contributed by atoms with Crippen LogP contribution in [0.5, 0.6) is 0 Å². The van der Waals surface area contributed by atoms with Crippen molar-refractivity contribution in [3.8, 4) is 0 Å². The van der Waals surface area contributed by atoms with Crippen LogP contribution in [-0.4, -0.2) is 21.1 Å². The van der Waals surface area contributed by atoms with Crippen molar-refractivity contribution in [1.29, 1.82) is 0 Å². The Hall–Kier alpha value is -1.72. The van der Waals surface area contributed by atoms with Gasteiger partial charge in [0.15, 0.2) is 0 Å². The summed E-state index contributed by atoms with van der Waals surface area (Å²) in [5.74, 6) is 1.10. The van der Waals surface area contributed by atoms with E-state index in [1.807, 2.05) is 25.5 Å². The van der Waals surface area contributed by atoms with Gasteiger partial charge >= 0.3 is 0 Å². The average Bonchev–Trinajstić information content (AvgIpc) is 2.84. The molecule has 5 heteroatoms. The molecule has 0 amide bonds. The van der Waals surface area contributed by atoms with Crippen LogP contribution in [0.4, 0.5) is 0 Å². The molecular formula is C15H20N4O. The van der Waals surface area contributed by atoms with Gasteiger partial charge in [-0.25, -0.2) is 4.98 Å². The summed E-state index contributed by atoms with van der Waals surface area (Å²) in [6.07, 6.45) is 5.63. The molecule has 20 heavy (non-hydrogen) atoms. The lowest BCUT2D eigenvalue weighted by Crippen LogP contribution is -2.32. The van der Waals surface area contributed by atoms with E-state index in [-0.39, 0.29) is 0 Å². The molecule has 3 rings (SSSR count). The summed E-state index contributed by atoms with van der Waals surface area (Å²) in [6.45, 7) is 7.31. The number of nitrogens with zero attached hydrogens (tertiary/aromatic N) is 3. The maximum atomic E-state index is 5.80. The zero-order chi connectivity index (χ0) is 13.9. The van der Waals surface area contributed by atoms with E-state index in [9.17, 15) is 0 Å². The van der Waals surface area contributed by atoms with Crippen LogP contribution in [0.25, 0.3) is 0 Å². The first-order chi connectivity index (χ1) is 9.74. The molecule has 0 spiro atoms. The first-order valence-electron chi connectivity index (χ1n) is 7.00. The average molecular weight is 272 g/mol. The van der Waals surface area contributed by atoms with Crippen LogP contribution in [0.2, 0.25) is 0 Å². The molecule has 5 nitrogen and oxygen atoms in total. The van der Waals surface area contributed by atoms with Crippen molar-refractivity contribution in [3.05, 3.63) is 47.3 Å². The van der Waals surface area contributed by atoms with Gasteiger partial charge in [0.1, 0.15) is 5.82 Å². The van der Waals surface area contributed by atoms with Crippen molar-refractivity contribution in [3.63, 3.8) is 0 Å².